The van der Waals surface area contributed by atoms with Crippen molar-refractivity contribution in [2.75, 3.05) is 14.2 Å². The lowest BCUT2D eigenvalue weighted by molar-refractivity contribution is -0.162. The molecular weight excluding hydrogens is 172 g/mol. The molecule has 0 fully saturated rings. The fourth-order valence-electron chi connectivity index (χ4n) is 0.219. The SMILES string of the molecule is C=CC(=O)N(C)OC.C=CC(N)=O. The van der Waals surface area contributed by atoms with Crippen LogP contribution in [-0.4, -0.2) is 31.0 Å². The van der Waals surface area contributed by atoms with Gasteiger partial charge >= 0.3 is 0 Å². The highest BCUT2D eigenvalue weighted by atomic mass is 16.7. The van der Waals surface area contributed by atoms with Gasteiger partial charge in [-0.2, -0.15) is 0 Å². The minimum atomic E-state index is -0.481. The Morgan fingerprint density at radius 3 is 1.85 bits per heavy atom. The first-order valence-electron chi connectivity index (χ1n) is 3.35. The van der Waals surface area contributed by atoms with Gasteiger partial charge in [0.25, 0.3) is 5.91 Å². The third-order valence-electron chi connectivity index (χ3n) is 0.960. The second-order valence-corrected chi connectivity index (χ2v) is 1.83. The number of hydrogen-bond acceptors (Lipinski definition) is 3. The van der Waals surface area contributed by atoms with E-state index in [1.807, 2.05) is 0 Å². The van der Waals surface area contributed by atoms with Crippen LogP contribution >= 0.6 is 0 Å². The Bertz CT molecular complexity index is 202. The Balaban J connectivity index is 0. The van der Waals surface area contributed by atoms with E-state index >= 15 is 0 Å². The Morgan fingerprint density at radius 2 is 1.77 bits per heavy atom. The predicted molar refractivity (Wildman–Crippen MR) is 49.4 cm³/mol. The molecule has 0 atom stereocenters. The molecule has 0 aromatic heterocycles. The standard InChI is InChI=1S/C5H9NO2.C3H5NO/c1-4-5(7)6(2)8-3;1-2-3(4)5/h4H,1H2,2-3H3;2H,1H2,(H2,4,5). The predicted octanol–water partition coefficient (Wildman–Crippen LogP) is -0.150. The lowest BCUT2D eigenvalue weighted by Crippen LogP contribution is -2.22. The van der Waals surface area contributed by atoms with Crippen LogP contribution in [0.4, 0.5) is 0 Å². The minimum absolute atomic E-state index is 0.243. The van der Waals surface area contributed by atoms with Gasteiger partial charge in [-0.05, 0) is 12.2 Å². The second-order valence-electron chi connectivity index (χ2n) is 1.83. The molecule has 0 bridgehead atoms. The number of nitrogens with zero attached hydrogens (tertiary/aromatic N) is 1. The van der Waals surface area contributed by atoms with Crippen molar-refractivity contribution in [2.24, 2.45) is 5.73 Å². The highest BCUT2D eigenvalue weighted by Gasteiger charge is 1.98. The normalized spacial score (nSPS) is 7.54. The molecule has 2 amide bonds. The Hall–Kier alpha value is -1.62. The summed E-state index contributed by atoms with van der Waals surface area (Å²) in [5.41, 5.74) is 4.53. The van der Waals surface area contributed by atoms with Gasteiger partial charge in [0.05, 0.1) is 7.11 Å². The van der Waals surface area contributed by atoms with Crippen molar-refractivity contribution in [3.63, 3.8) is 0 Å². The molecule has 0 aromatic carbocycles. The van der Waals surface area contributed by atoms with E-state index in [-0.39, 0.29) is 5.91 Å². The topological polar surface area (TPSA) is 72.6 Å². The summed E-state index contributed by atoms with van der Waals surface area (Å²) < 4.78 is 0. The maximum atomic E-state index is 10.4. The molecule has 13 heavy (non-hydrogen) atoms. The van der Waals surface area contributed by atoms with Gasteiger partial charge < -0.3 is 5.73 Å². The quantitative estimate of drug-likeness (QED) is 0.492. The first-order chi connectivity index (χ1) is 5.99. The number of carbonyl (C=O) groups is 2. The van der Waals surface area contributed by atoms with Crippen molar-refractivity contribution in [1.82, 2.24) is 5.06 Å². The van der Waals surface area contributed by atoms with E-state index in [2.05, 4.69) is 23.7 Å². The maximum absolute atomic E-state index is 10.4. The van der Waals surface area contributed by atoms with Gasteiger partial charge in [0.1, 0.15) is 0 Å². The van der Waals surface area contributed by atoms with Crippen molar-refractivity contribution in [2.45, 2.75) is 0 Å². The summed E-state index contributed by atoms with van der Waals surface area (Å²) in [6.45, 7) is 6.34. The Morgan fingerprint density at radius 1 is 1.38 bits per heavy atom. The van der Waals surface area contributed by atoms with Crippen molar-refractivity contribution in [3.05, 3.63) is 25.3 Å². The van der Waals surface area contributed by atoms with E-state index in [1.165, 1.54) is 20.2 Å². The molecule has 0 aliphatic carbocycles. The Kier molecular flexibility index (Phi) is 9.09. The first kappa shape index (κ1) is 13.9. The summed E-state index contributed by atoms with van der Waals surface area (Å²) in [6.07, 6.45) is 2.24. The van der Waals surface area contributed by atoms with E-state index < -0.39 is 5.91 Å². The molecule has 0 heterocycles. The number of carbonyl (C=O) groups excluding carboxylic acids is 2. The first-order valence-corrected chi connectivity index (χ1v) is 3.35. The van der Waals surface area contributed by atoms with Crippen molar-refractivity contribution < 1.29 is 14.4 Å². The molecule has 5 nitrogen and oxygen atoms in total. The summed E-state index contributed by atoms with van der Waals surface area (Å²) in [5, 5.41) is 1.09. The van der Waals surface area contributed by atoms with Crippen LogP contribution in [0.15, 0.2) is 25.3 Å². The van der Waals surface area contributed by atoms with E-state index in [0.29, 0.717) is 0 Å². The summed E-state index contributed by atoms with van der Waals surface area (Å²) in [6, 6.07) is 0. The molecule has 0 spiro atoms. The van der Waals surface area contributed by atoms with Gasteiger partial charge in [0.15, 0.2) is 0 Å². The van der Waals surface area contributed by atoms with Crippen LogP contribution in [0, 0.1) is 0 Å². The molecule has 0 aliphatic heterocycles. The highest BCUT2D eigenvalue weighted by Crippen LogP contribution is 1.82. The average Bonchev–Trinajstić information content (AvgIpc) is 2.16. The summed E-state index contributed by atoms with van der Waals surface area (Å²) in [4.78, 5) is 24.4. The average molecular weight is 186 g/mol. The fourth-order valence-corrected chi connectivity index (χ4v) is 0.219. The molecule has 0 aliphatic rings. The van der Waals surface area contributed by atoms with E-state index in [0.717, 1.165) is 11.1 Å². The number of likely N-dealkylation sites (N-methyl/N-ethyl adjacent to an activating group) is 1. The van der Waals surface area contributed by atoms with Crippen LogP contribution in [-0.2, 0) is 14.4 Å². The summed E-state index contributed by atoms with van der Waals surface area (Å²) >= 11 is 0. The zero-order valence-electron chi connectivity index (χ0n) is 7.82. The molecule has 0 radical (unpaired) electrons. The van der Waals surface area contributed by atoms with Gasteiger partial charge in [0, 0.05) is 7.05 Å². The monoisotopic (exact) mass is 186 g/mol. The third-order valence-corrected chi connectivity index (χ3v) is 0.960. The molecular formula is C8H14N2O3. The minimum Gasteiger partial charge on any atom is -0.366 e. The number of rotatable bonds is 3. The Labute approximate surface area is 77.4 Å². The van der Waals surface area contributed by atoms with Crippen molar-refractivity contribution >= 4 is 11.8 Å². The molecule has 0 rings (SSSR count). The van der Waals surface area contributed by atoms with Crippen LogP contribution in [0.3, 0.4) is 0 Å². The zero-order chi connectivity index (χ0) is 10.9. The van der Waals surface area contributed by atoms with Gasteiger partial charge in [0.2, 0.25) is 5.91 Å². The number of hydrogen-bond donors (Lipinski definition) is 1. The lowest BCUT2D eigenvalue weighted by atomic mass is 10.6. The van der Waals surface area contributed by atoms with E-state index in [9.17, 15) is 9.59 Å². The van der Waals surface area contributed by atoms with Crippen LogP contribution in [0.5, 0.6) is 0 Å². The number of nitrogens with two attached hydrogens (primary N) is 1. The van der Waals surface area contributed by atoms with E-state index in [1.54, 1.807) is 0 Å². The second kappa shape index (κ2) is 8.48. The molecule has 2 N–H and O–H groups in total. The smallest absolute Gasteiger partial charge is 0.269 e. The highest BCUT2D eigenvalue weighted by molar-refractivity contribution is 5.85. The lowest BCUT2D eigenvalue weighted by Gasteiger charge is -2.09. The molecule has 74 valence electrons. The van der Waals surface area contributed by atoms with Gasteiger partial charge in [-0.25, -0.2) is 5.06 Å². The van der Waals surface area contributed by atoms with Gasteiger partial charge in [-0.15, -0.1) is 0 Å². The third kappa shape index (κ3) is 10.4. The molecule has 0 saturated carbocycles. The van der Waals surface area contributed by atoms with Crippen LogP contribution in [0.25, 0.3) is 0 Å². The molecule has 5 heteroatoms. The van der Waals surface area contributed by atoms with Crippen LogP contribution in [0.2, 0.25) is 0 Å². The van der Waals surface area contributed by atoms with E-state index in [4.69, 9.17) is 0 Å². The number of amides is 2. The zero-order valence-corrected chi connectivity index (χ0v) is 7.82. The largest absolute Gasteiger partial charge is 0.366 e. The van der Waals surface area contributed by atoms with Gasteiger partial charge in [-0.1, -0.05) is 13.2 Å². The molecule has 0 aromatic rings. The summed E-state index contributed by atoms with van der Waals surface area (Å²) in [5.74, 6) is -0.725. The van der Waals surface area contributed by atoms with Crippen molar-refractivity contribution in [1.29, 1.82) is 0 Å². The summed E-state index contributed by atoms with van der Waals surface area (Å²) in [7, 11) is 2.94. The fraction of sp³-hybridized carbons (Fsp3) is 0.250. The number of hydroxylamine groups is 2. The molecule has 0 saturated heterocycles. The van der Waals surface area contributed by atoms with Crippen LogP contribution < -0.4 is 5.73 Å². The van der Waals surface area contributed by atoms with Gasteiger partial charge in [-0.3, -0.25) is 14.4 Å². The number of primary amides is 1. The van der Waals surface area contributed by atoms with Crippen LogP contribution in [0.1, 0.15) is 0 Å². The van der Waals surface area contributed by atoms with Crippen molar-refractivity contribution in [3.8, 4) is 0 Å². The maximum Gasteiger partial charge on any atom is 0.269 e. The molecule has 0 unspecified atom stereocenters.